The van der Waals surface area contributed by atoms with E-state index < -0.39 is 5.97 Å². The molecule has 5 heteroatoms. The molecule has 2 aromatic rings. The zero-order valence-electron chi connectivity index (χ0n) is 13.1. The van der Waals surface area contributed by atoms with Crippen molar-refractivity contribution in [3.8, 4) is 16.9 Å². The first-order valence-corrected chi connectivity index (χ1v) is 7.73. The summed E-state index contributed by atoms with van der Waals surface area (Å²) >= 11 is 5.95. The fraction of sp³-hybridized carbons (Fsp3) is 0.278. The van der Waals surface area contributed by atoms with Crippen LogP contribution in [0.25, 0.3) is 11.1 Å². The number of aromatic hydroxyl groups is 1. The number of benzene rings is 2. The molecule has 4 nitrogen and oxygen atoms in total. The van der Waals surface area contributed by atoms with Crippen molar-refractivity contribution in [3.63, 3.8) is 0 Å². The van der Waals surface area contributed by atoms with Gasteiger partial charge in [-0.1, -0.05) is 30.3 Å². The molecule has 0 amide bonds. The van der Waals surface area contributed by atoms with E-state index in [4.69, 9.17) is 21.1 Å². The van der Waals surface area contributed by atoms with Crippen molar-refractivity contribution >= 4 is 17.6 Å². The van der Waals surface area contributed by atoms with Crippen LogP contribution in [0.3, 0.4) is 0 Å². The van der Waals surface area contributed by atoms with Gasteiger partial charge in [-0.3, -0.25) is 0 Å². The van der Waals surface area contributed by atoms with Gasteiger partial charge in [-0.05, 0) is 29.2 Å². The molecular formula is C18H19ClO4. The molecule has 0 aliphatic carbocycles. The van der Waals surface area contributed by atoms with Crippen LogP contribution in [0.15, 0.2) is 36.4 Å². The molecule has 0 fully saturated rings. The summed E-state index contributed by atoms with van der Waals surface area (Å²) < 4.78 is 10.1. The molecular weight excluding hydrogens is 316 g/mol. The summed E-state index contributed by atoms with van der Waals surface area (Å²) in [4.78, 5) is 12.2. The lowest BCUT2D eigenvalue weighted by atomic mass is 9.89. The van der Waals surface area contributed by atoms with E-state index in [1.54, 1.807) is 13.2 Å². The zero-order chi connectivity index (χ0) is 16.8. The predicted molar refractivity (Wildman–Crippen MR) is 90.0 cm³/mol. The van der Waals surface area contributed by atoms with Gasteiger partial charge < -0.3 is 14.6 Å². The van der Waals surface area contributed by atoms with Gasteiger partial charge in [-0.2, -0.15) is 0 Å². The fourth-order valence-electron chi connectivity index (χ4n) is 2.66. The lowest BCUT2D eigenvalue weighted by Gasteiger charge is -2.19. The van der Waals surface area contributed by atoms with Crippen LogP contribution < -0.4 is 0 Å². The minimum Gasteiger partial charge on any atom is -0.507 e. The quantitative estimate of drug-likeness (QED) is 0.645. The summed E-state index contributed by atoms with van der Waals surface area (Å²) in [5.74, 6) is -0.315. The Bertz CT molecular complexity index is 683. The van der Waals surface area contributed by atoms with Crippen molar-refractivity contribution in [1.82, 2.24) is 0 Å². The third kappa shape index (κ3) is 3.66. The first-order valence-electron chi connectivity index (χ1n) is 7.20. The number of carbonyl (C=O) groups excluding carboxylic acids is 1. The summed E-state index contributed by atoms with van der Waals surface area (Å²) in [7, 11) is 2.87. The molecule has 0 saturated heterocycles. The zero-order valence-corrected chi connectivity index (χ0v) is 13.9. The predicted octanol–water partition coefficient (Wildman–Crippen LogP) is 3.77. The second-order valence-corrected chi connectivity index (χ2v) is 5.39. The second kappa shape index (κ2) is 7.99. The smallest absolute Gasteiger partial charge is 0.342 e. The van der Waals surface area contributed by atoms with Crippen LogP contribution in [-0.4, -0.2) is 31.2 Å². The van der Waals surface area contributed by atoms with Crippen molar-refractivity contribution in [2.45, 2.75) is 13.0 Å². The van der Waals surface area contributed by atoms with Crippen LogP contribution in [0.2, 0.25) is 0 Å². The van der Waals surface area contributed by atoms with E-state index in [2.05, 4.69) is 0 Å². The van der Waals surface area contributed by atoms with Gasteiger partial charge >= 0.3 is 5.97 Å². The van der Waals surface area contributed by atoms with Crippen LogP contribution in [-0.2, 0) is 22.5 Å². The minimum atomic E-state index is -0.582. The van der Waals surface area contributed by atoms with E-state index in [-0.39, 0.29) is 11.3 Å². The van der Waals surface area contributed by atoms with Gasteiger partial charge in [0.05, 0.1) is 13.7 Å². The van der Waals surface area contributed by atoms with Crippen molar-refractivity contribution < 1.29 is 19.4 Å². The Labute approximate surface area is 140 Å². The standard InChI is InChI=1S/C18H19ClO4/c1-22-11-13-10-15(20)17(18(21)23-2)16(14(13)8-9-19)12-6-4-3-5-7-12/h3-7,10,20H,8-9,11H2,1-2H3. The van der Waals surface area contributed by atoms with E-state index >= 15 is 0 Å². The summed E-state index contributed by atoms with van der Waals surface area (Å²) in [5, 5.41) is 10.4. The second-order valence-electron chi connectivity index (χ2n) is 5.01. The highest BCUT2D eigenvalue weighted by Crippen LogP contribution is 2.37. The van der Waals surface area contributed by atoms with E-state index in [1.807, 2.05) is 30.3 Å². The van der Waals surface area contributed by atoms with Crippen LogP contribution in [0.4, 0.5) is 0 Å². The topological polar surface area (TPSA) is 55.8 Å². The van der Waals surface area contributed by atoms with Crippen molar-refractivity contribution in [1.29, 1.82) is 0 Å². The third-order valence-corrected chi connectivity index (χ3v) is 3.79. The normalized spacial score (nSPS) is 10.6. The Morgan fingerprint density at radius 2 is 1.91 bits per heavy atom. The van der Waals surface area contributed by atoms with Gasteiger partial charge in [0.1, 0.15) is 11.3 Å². The van der Waals surface area contributed by atoms with Gasteiger partial charge in [0.2, 0.25) is 0 Å². The molecule has 1 N–H and O–H groups in total. The molecule has 0 saturated carbocycles. The maximum absolute atomic E-state index is 12.2. The SMILES string of the molecule is COCc1cc(O)c(C(=O)OC)c(-c2ccccc2)c1CCCl. The average Bonchev–Trinajstić information content (AvgIpc) is 2.57. The molecule has 0 aliphatic heterocycles. The number of phenolic OH excluding ortho intramolecular Hbond substituents is 1. The summed E-state index contributed by atoms with van der Waals surface area (Å²) in [6.45, 7) is 0.321. The number of ether oxygens (including phenoxy) is 2. The molecule has 0 aliphatic rings. The lowest BCUT2D eigenvalue weighted by molar-refractivity contribution is 0.0598. The highest BCUT2D eigenvalue weighted by atomic mass is 35.5. The Kier molecular flexibility index (Phi) is 6.02. The number of rotatable bonds is 6. The van der Waals surface area contributed by atoms with E-state index in [0.717, 1.165) is 16.7 Å². The highest BCUT2D eigenvalue weighted by molar-refractivity contribution is 6.18. The number of halogens is 1. The van der Waals surface area contributed by atoms with E-state index in [1.165, 1.54) is 7.11 Å². The summed E-state index contributed by atoms with van der Waals surface area (Å²) in [6.07, 6.45) is 0.550. The van der Waals surface area contributed by atoms with Crippen molar-refractivity contribution in [2.75, 3.05) is 20.1 Å². The third-order valence-electron chi connectivity index (χ3n) is 3.60. The van der Waals surface area contributed by atoms with Crippen molar-refractivity contribution in [2.24, 2.45) is 0 Å². The van der Waals surface area contributed by atoms with Crippen molar-refractivity contribution in [3.05, 3.63) is 53.1 Å². The molecule has 2 aromatic carbocycles. The number of hydrogen-bond acceptors (Lipinski definition) is 4. The maximum atomic E-state index is 12.2. The number of esters is 1. The molecule has 0 unspecified atom stereocenters. The first-order chi connectivity index (χ1) is 11.1. The van der Waals surface area contributed by atoms with Crippen LogP contribution in [0.1, 0.15) is 21.5 Å². The molecule has 23 heavy (non-hydrogen) atoms. The summed E-state index contributed by atoms with van der Waals surface area (Å²) in [6, 6.07) is 11.0. The molecule has 122 valence electrons. The Morgan fingerprint density at radius 3 is 2.48 bits per heavy atom. The fourth-order valence-corrected chi connectivity index (χ4v) is 2.85. The van der Waals surface area contributed by atoms with Crippen LogP contribution in [0.5, 0.6) is 5.75 Å². The average molecular weight is 335 g/mol. The molecule has 0 radical (unpaired) electrons. The molecule has 0 spiro atoms. The number of methoxy groups -OCH3 is 2. The highest BCUT2D eigenvalue weighted by Gasteiger charge is 2.24. The monoisotopic (exact) mass is 334 g/mol. The van der Waals surface area contributed by atoms with Crippen LogP contribution >= 0.6 is 11.6 Å². The van der Waals surface area contributed by atoms with Gasteiger partial charge in [-0.25, -0.2) is 4.79 Å². The number of alkyl halides is 1. The number of hydrogen-bond donors (Lipinski definition) is 1. The van der Waals surface area contributed by atoms with Crippen LogP contribution in [0, 0.1) is 0 Å². The first kappa shape index (κ1) is 17.3. The molecule has 0 aromatic heterocycles. The minimum absolute atomic E-state index is 0.124. The Balaban J connectivity index is 2.82. The van der Waals surface area contributed by atoms with Gasteiger partial charge in [0.25, 0.3) is 0 Å². The molecule has 0 heterocycles. The van der Waals surface area contributed by atoms with E-state index in [9.17, 15) is 9.90 Å². The number of phenols is 1. The number of carbonyl (C=O) groups is 1. The Morgan fingerprint density at radius 1 is 1.22 bits per heavy atom. The largest absolute Gasteiger partial charge is 0.507 e. The molecule has 2 rings (SSSR count). The maximum Gasteiger partial charge on any atom is 0.342 e. The van der Waals surface area contributed by atoms with E-state index in [0.29, 0.717) is 24.5 Å². The molecule has 0 bridgehead atoms. The Hall–Kier alpha value is -2.04. The lowest BCUT2D eigenvalue weighted by Crippen LogP contribution is -2.10. The van der Waals surface area contributed by atoms with Gasteiger partial charge in [0.15, 0.2) is 0 Å². The summed E-state index contributed by atoms with van der Waals surface area (Å²) in [5.41, 5.74) is 3.30. The van der Waals surface area contributed by atoms with Gasteiger partial charge in [0, 0.05) is 18.6 Å². The molecule has 0 atom stereocenters. The van der Waals surface area contributed by atoms with Gasteiger partial charge in [-0.15, -0.1) is 11.6 Å².